The zero-order chi connectivity index (χ0) is 11.4. The number of rotatable bonds is 4. The SMILES string of the molecule is CNc1nc(C)cc(SC(C)C(C)C)n1. The summed E-state index contributed by atoms with van der Waals surface area (Å²) in [6.07, 6.45) is 0. The minimum atomic E-state index is 0.573. The first kappa shape index (κ1) is 12.3. The Kier molecular flexibility index (Phi) is 4.39. The van der Waals surface area contributed by atoms with Gasteiger partial charge in [0.2, 0.25) is 5.95 Å². The molecule has 1 rings (SSSR count). The molecule has 1 heterocycles. The molecular weight excluding hydrogens is 206 g/mol. The van der Waals surface area contributed by atoms with Crippen LogP contribution < -0.4 is 5.32 Å². The van der Waals surface area contributed by atoms with Gasteiger partial charge in [0.05, 0.1) is 0 Å². The third-order valence-corrected chi connectivity index (χ3v) is 3.67. The molecule has 0 aromatic carbocycles. The highest BCUT2D eigenvalue weighted by atomic mass is 32.2. The predicted molar refractivity (Wildman–Crippen MR) is 66.5 cm³/mol. The molecule has 1 aromatic heterocycles. The number of nitrogens with zero attached hydrogens (tertiary/aromatic N) is 2. The third-order valence-electron chi connectivity index (χ3n) is 2.30. The fourth-order valence-electron chi connectivity index (χ4n) is 1.04. The molecule has 15 heavy (non-hydrogen) atoms. The minimum absolute atomic E-state index is 0.573. The van der Waals surface area contributed by atoms with Crippen LogP contribution in [0.15, 0.2) is 11.1 Å². The van der Waals surface area contributed by atoms with Crippen molar-refractivity contribution < 1.29 is 0 Å². The van der Waals surface area contributed by atoms with Crippen molar-refractivity contribution in [3.63, 3.8) is 0 Å². The molecule has 0 fully saturated rings. The molecule has 0 saturated heterocycles. The van der Waals surface area contributed by atoms with Gasteiger partial charge < -0.3 is 5.32 Å². The summed E-state index contributed by atoms with van der Waals surface area (Å²) in [7, 11) is 1.84. The summed E-state index contributed by atoms with van der Waals surface area (Å²) >= 11 is 1.80. The van der Waals surface area contributed by atoms with Crippen molar-refractivity contribution in [3.8, 4) is 0 Å². The first-order valence-corrected chi connectivity index (χ1v) is 6.11. The van der Waals surface area contributed by atoms with Gasteiger partial charge in [-0.15, -0.1) is 11.8 Å². The van der Waals surface area contributed by atoms with Gasteiger partial charge in [-0.2, -0.15) is 0 Å². The van der Waals surface area contributed by atoms with Crippen LogP contribution in [0.25, 0.3) is 0 Å². The van der Waals surface area contributed by atoms with Gasteiger partial charge in [-0.3, -0.25) is 0 Å². The lowest BCUT2D eigenvalue weighted by atomic mass is 10.2. The van der Waals surface area contributed by atoms with Crippen molar-refractivity contribution >= 4 is 17.7 Å². The van der Waals surface area contributed by atoms with Crippen molar-refractivity contribution in [2.75, 3.05) is 12.4 Å². The molecule has 0 aliphatic carbocycles. The van der Waals surface area contributed by atoms with Crippen molar-refractivity contribution in [1.82, 2.24) is 9.97 Å². The standard InChI is InChI=1S/C11H19N3S/c1-7(2)9(4)15-10-6-8(3)13-11(12-5)14-10/h6-7,9H,1-5H3,(H,12,13,14). The average Bonchev–Trinajstić information content (AvgIpc) is 2.16. The van der Waals surface area contributed by atoms with Crippen LogP contribution in [0.3, 0.4) is 0 Å². The fourth-order valence-corrected chi connectivity index (χ4v) is 2.07. The molecule has 1 atom stereocenters. The largest absolute Gasteiger partial charge is 0.357 e. The van der Waals surface area contributed by atoms with Crippen LogP contribution in [0.5, 0.6) is 0 Å². The molecular formula is C11H19N3S. The molecule has 1 aromatic rings. The summed E-state index contributed by atoms with van der Waals surface area (Å²) in [5, 5.41) is 4.60. The molecule has 3 nitrogen and oxygen atoms in total. The van der Waals surface area contributed by atoms with Crippen molar-refractivity contribution in [2.45, 2.75) is 38.0 Å². The van der Waals surface area contributed by atoms with Gasteiger partial charge in [0.25, 0.3) is 0 Å². The van der Waals surface area contributed by atoms with Crippen LogP contribution >= 0.6 is 11.8 Å². The highest BCUT2D eigenvalue weighted by Crippen LogP contribution is 2.26. The average molecular weight is 225 g/mol. The molecule has 0 saturated carbocycles. The first-order chi connectivity index (χ1) is 7.02. The highest BCUT2D eigenvalue weighted by Gasteiger charge is 2.10. The second kappa shape index (κ2) is 5.35. The third kappa shape index (κ3) is 3.70. The van der Waals surface area contributed by atoms with E-state index < -0.39 is 0 Å². The second-order valence-electron chi connectivity index (χ2n) is 3.99. The maximum absolute atomic E-state index is 4.42. The van der Waals surface area contributed by atoms with Crippen LogP contribution in [-0.4, -0.2) is 22.3 Å². The van der Waals surface area contributed by atoms with E-state index in [0.29, 0.717) is 17.1 Å². The Labute approximate surface area is 96.1 Å². The smallest absolute Gasteiger partial charge is 0.223 e. The number of hydrogen-bond acceptors (Lipinski definition) is 4. The Morgan fingerprint density at radius 3 is 2.47 bits per heavy atom. The maximum Gasteiger partial charge on any atom is 0.223 e. The van der Waals surface area contributed by atoms with Crippen LogP contribution in [-0.2, 0) is 0 Å². The number of hydrogen-bond donors (Lipinski definition) is 1. The first-order valence-electron chi connectivity index (χ1n) is 5.23. The molecule has 0 amide bonds. The molecule has 1 unspecified atom stereocenters. The van der Waals surface area contributed by atoms with Gasteiger partial charge in [-0.25, -0.2) is 9.97 Å². The van der Waals surface area contributed by atoms with E-state index in [0.717, 1.165) is 10.7 Å². The van der Waals surface area contributed by atoms with Gasteiger partial charge in [0.15, 0.2) is 0 Å². The Balaban J connectivity index is 2.80. The van der Waals surface area contributed by atoms with Crippen molar-refractivity contribution in [2.24, 2.45) is 5.92 Å². The lowest BCUT2D eigenvalue weighted by Gasteiger charge is -2.14. The van der Waals surface area contributed by atoms with Gasteiger partial charge in [0, 0.05) is 18.0 Å². The molecule has 0 bridgehead atoms. The van der Waals surface area contributed by atoms with Gasteiger partial charge in [0.1, 0.15) is 5.03 Å². The normalized spacial score (nSPS) is 12.9. The monoisotopic (exact) mass is 225 g/mol. The van der Waals surface area contributed by atoms with E-state index in [1.807, 2.05) is 20.0 Å². The maximum atomic E-state index is 4.42. The zero-order valence-electron chi connectivity index (χ0n) is 10.0. The molecule has 0 aliphatic heterocycles. The van der Waals surface area contributed by atoms with Crippen LogP contribution in [0, 0.1) is 12.8 Å². The fraction of sp³-hybridized carbons (Fsp3) is 0.636. The summed E-state index contributed by atoms with van der Waals surface area (Å²) in [6, 6.07) is 2.03. The van der Waals surface area contributed by atoms with Gasteiger partial charge in [-0.05, 0) is 18.9 Å². The summed E-state index contributed by atoms with van der Waals surface area (Å²) in [6.45, 7) is 8.67. The number of aryl methyl sites for hydroxylation is 1. The highest BCUT2D eigenvalue weighted by molar-refractivity contribution is 7.99. The summed E-state index contributed by atoms with van der Waals surface area (Å²) in [5.74, 6) is 1.36. The van der Waals surface area contributed by atoms with E-state index >= 15 is 0 Å². The lowest BCUT2D eigenvalue weighted by molar-refractivity contribution is 0.641. The second-order valence-corrected chi connectivity index (χ2v) is 5.39. The van der Waals surface area contributed by atoms with E-state index in [-0.39, 0.29) is 0 Å². The Hall–Kier alpha value is -0.770. The molecule has 0 aliphatic rings. The zero-order valence-corrected chi connectivity index (χ0v) is 10.9. The van der Waals surface area contributed by atoms with Gasteiger partial charge in [-0.1, -0.05) is 20.8 Å². The topological polar surface area (TPSA) is 37.8 Å². The Morgan fingerprint density at radius 2 is 1.93 bits per heavy atom. The summed E-state index contributed by atoms with van der Waals surface area (Å²) in [5.41, 5.74) is 1.01. The Morgan fingerprint density at radius 1 is 1.27 bits per heavy atom. The Bertz CT molecular complexity index is 326. The summed E-state index contributed by atoms with van der Waals surface area (Å²) < 4.78 is 0. The van der Waals surface area contributed by atoms with E-state index in [1.54, 1.807) is 11.8 Å². The van der Waals surface area contributed by atoms with Crippen LogP contribution in [0.4, 0.5) is 5.95 Å². The van der Waals surface area contributed by atoms with Crippen LogP contribution in [0.1, 0.15) is 26.5 Å². The predicted octanol–water partition coefficient (Wildman–Crippen LogP) is 2.96. The number of aromatic nitrogens is 2. The number of thioether (sulfide) groups is 1. The van der Waals surface area contributed by atoms with Crippen molar-refractivity contribution in [3.05, 3.63) is 11.8 Å². The summed E-state index contributed by atoms with van der Waals surface area (Å²) in [4.78, 5) is 8.68. The quantitative estimate of drug-likeness (QED) is 0.631. The minimum Gasteiger partial charge on any atom is -0.357 e. The lowest BCUT2D eigenvalue weighted by Crippen LogP contribution is -2.07. The molecule has 0 radical (unpaired) electrons. The molecule has 84 valence electrons. The molecule has 0 spiro atoms. The molecule has 1 N–H and O–H groups in total. The molecule has 4 heteroatoms. The van der Waals surface area contributed by atoms with E-state index in [1.165, 1.54) is 0 Å². The van der Waals surface area contributed by atoms with Crippen molar-refractivity contribution in [1.29, 1.82) is 0 Å². The van der Waals surface area contributed by atoms with Gasteiger partial charge >= 0.3 is 0 Å². The number of anilines is 1. The van der Waals surface area contributed by atoms with E-state index in [9.17, 15) is 0 Å². The van der Waals surface area contributed by atoms with Crippen LogP contribution in [0.2, 0.25) is 0 Å². The van der Waals surface area contributed by atoms with E-state index in [2.05, 4.69) is 36.1 Å². The van der Waals surface area contributed by atoms with E-state index in [4.69, 9.17) is 0 Å². The number of nitrogens with one attached hydrogen (secondary N) is 1.